The summed E-state index contributed by atoms with van der Waals surface area (Å²) in [6.07, 6.45) is 3.56. The number of amides is 1. The average Bonchev–Trinajstić information content (AvgIpc) is 3.39. The van der Waals surface area contributed by atoms with E-state index in [2.05, 4.69) is 20.0 Å². The van der Waals surface area contributed by atoms with Crippen LogP contribution < -0.4 is 4.90 Å². The molecule has 0 atom stereocenters. The molecule has 1 aliphatic heterocycles. The van der Waals surface area contributed by atoms with Crippen LogP contribution >= 0.6 is 11.3 Å². The van der Waals surface area contributed by atoms with Crippen LogP contribution in [0.2, 0.25) is 0 Å². The summed E-state index contributed by atoms with van der Waals surface area (Å²) in [6, 6.07) is 13.5. The van der Waals surface area contributed by atoms with Gasteiger partial charge in [0.15, 0.2) is 5.13 Å². The first-order valence-electron chi connectivity index (χ1n) is 9.56. The maximum atomic E-state index is 12.9. The maximum absolute atomic E-state index is 12.9. The fourth-order valence-corrected chi connectivity index (χ4v) is 4.52. The van der Waals surface area contributed by atoms with E-state index in [0.717, 1.165) is 39.9 Å². The fraction of sp³-hybridized carbons (Fsp3) is 0.238. The molecule has 1 aliphatic rings. The SMILES string of the molecule is Cc1ccnn1-c1ccc(C(=O)N2CCN(c3nc4cccnc4s3)CC2)cc1. The number of aryl methyl sites for hydroxylation is 1. The first kappa shape index (κ1) is 17.8. The van der Waals surface area contributed by atoms with Crippen molar-refractivity contribution < 1.29 is 4.79 Å². The lowest BCUT2D eigenvalue weighted by Crippen LogP contribution is -2.48. The highest BCUT2D eigenvalue weighted by Gasteiger charge is 2.24. The highest BCUT2D eigenvalue weighted by molar-refractivity contribution is 7.21. The minimum atomic E-state index is 0.0688. The highest BCUT2D eigenvalue weighted by Crippen LogP contribution is 2.27. The van der Waals surface area contributed by atoms with Crippen LogP contribution in [0.15, 0.2) is 54.9 Å². The number of hydrogen-bond acceptors (Lipinski definition) is 6. The number of thiazole rings is 1. The summed E-state index contributed by atoms with van der Waals surface area (Å²) in [7, 11) is 0. The van der Waals surface area contributed by atoms with Gasteiger partial charge in [0.25, 0.3) is 5.91 Å². The Bertz CT molecular complexity index is 1120. The van der Waals surface area contributed by atoms with Gasteiger partial charge in [-0.25, -0.2) is 14.6 Å². The lowest BCUT2D eigenvalue weighted by atomic mass is 10.1. The van der Waals surface area contributed by atoms with Gasteiger partial charge in [-0.15, -0.1) is 0 Å². The van der Waals surface area contributed by atoms with Gasteiger partial charge >= 0.3 is 0 Å². The predicted octanol–water partition coefficient (Wildman–Crippen LogP) is 3.15. The number of anilines is 1. The molecule has 4 aromatic rings. The molecule has 0 saturated carbocycles. The molecular weight excluding hydrogens is 384 g/mol. The van der Waals surface area contributed by atoms with Gasteiger partial charge in [0, 0.05) is 49.8 Å². The number of benzene rings is 1. The molecule has 1 amide bonds. The Morgan fingerprint density at radius 2 is 1.79 bits per heavy atom. The van der Waals surface area contributed by atoms with E-state index in [0.29, 0.717) is 18.7 Å². The lowest BCUT2D eigenvalue weighted by Gasteiger charge is -2.34. The van der Waals surface area contributed by atoms with E-state index in [4.69, 9.17) is 0 Å². The number of carbonyl (C=O) groups is 1. The van der Waals surface area contributed by atoms with Crippen LogP contribution in [-0.2, 0) is 0 Å². The second-order valence-corrected chi connectivity index (χ2v) is 7.99. The molecule has 0 aliphatic carbocycles. The van der Waals surface area contributed by atoms with Crippen molar-refractivity contribution in [2.45, 2.75) is 6.92 Å². The standard InChI is InChI=1S/C21H20N6OS/c1-15-8-10-23-27(15)17-6-4-16(5-7-17)20(28)25-11-13-26(14-12-25)21-24-18-3-2-9-22-19(18)29-21/h2-10H,11-14H2,1H3. The van der Waals surface area contributed by atoms with Gasteiger partial charge in [-0.3, -0.25) is 4.79 Å². The number of rotatable bonds is 3. The zero-order valence-electron chi connectivity index (χ0n) is 16.0. The zero-order chi connectivity index (χ0) is 19.8. The molecule has 29 heavy (non-hydrogen) atoms. The second-order valence-electron chi connectivity index (χ2n) is 7.03. The van der Waals surface area contributed by atoms with Crippen molar-refractivity contribution in [3.05, 3.63) is 66.1 Å². The van der Waals surface area contributed by atoms with Gasteiger partial charge < -0.3 is 9.80 Å². The van der Waals surface area contributed by atoms with Crippen LogP contribution in [0.4, 0.5) is 5.13 Å². The Morgan fingerprint density at radius 3 is 2.48 bits per heavy atom. The van der Waals surface area contributed by atoms with E-state index < -0.39 is 0 Å². The Morgan fingerprint density at radius 1 is 1.00 bits per heavy atom. The molecule has 7 nitrogen and oxygen atoms in total. The fourth-order valence-electron chi connectivity index (χ4n) is 3.56. The smallest absolute Gasteiger partial charge is 0.253 e. The normalized spacial score (nSPS) is 14.5. The molecule has 5 rings (SSSR count). The van der Waals surface area contributed by atoms with Gasteiger partial charge in [-0.1, -0.05) is 11.3 Å². The third kappa shape index (κ3) is 3.36. The number of hydrogen-bond donors (Lipinski definition) is 0. The van der Waals surface area contributed by atoms with Crippen LogP contribution in [0.3, 0.4) is 0 Å². The first-order chi connectivity index (χ1) is 14.2. The molecule has 3 aromatic heterocycles. The molecule has 0 spiro atoms. The van der Waals surface area contributed by atoms with Crippen molar-refractivity contribution in [1.29, 1.82) is 0 Å². The number of pyridine rings is 1. The first-order valence-corrected chi connectivity index (χ1v) is 10.4. The molecule has 4 heterocycles. The van der Waals surface area contributed by atoms with E-state index in [1.165, 1.54) is 0 Å². The number of aromatic nitrogens is 4. The number of nitrogens with zero attached hydrogens (tertiary/aromatic N) is 6. The van der Waals surface area contributed by atoms with Crippen molar-refractivity contribution in [3.8, 4) is 5.69 Å². The third-order valence-corrected chi connectivity index (χ3v) is 6.22. The Balaban J connectivity index is 1.25. The number of fused-ring (bicyclic) bond motifs is 1. The van der Waals surface area contributed by atoms with E-state index in [-0.39, 0.29) is 5.91 Å². The van der Waals surface area contributed by atoms with Crippen molar-refractivity contribution in [2.75, 3.05) is 31.1 Å². The topological polar surface area (TPSA) is 67.2 Å². The summed E-state index contributed by atoms with van der Waals surface area (Å²) in [4.78, 5) is 27.1. The van der Waals surface area contributed by atoms with Crippen molar-refractivity contribution in [1.82, 2.24) is 24.6 Å². The van der Waals surface area contributed by atoms with Crippen LogP contribution in [0.1, 0.15) is 16.1 Å². The van der Waals surface area contributed by atoms with Crippen LogP contribution in [0, 0.1) is 6.92 Å². The van der Waals surface area contributed by atoms with Crippen molar-refractivity contribution in [2.24, 2.45) is 0 Å². The van der Waals surface area contributed by atoms with Gasteiger partial charge in [0.1, 0.15) is 10.3 Å². The Labute approximate surface area is 172 Å². The van der Waals surface area contributed by atoms with Crippen LogP contribution in [0.25, 0.3) is 16.0 Å². The van der Waals surface area contributed by atoms with E-state index in [1.54, 1.807) is 23.7 Å². The summed E-state index contributed by atoms with van der Waals surface area (Å²) in [5, 5.41) is 5.29. The van der Waals surface area contributed by atoms with Gasteiger partial charge in [0.2, 0.25) is 0 Å². The van der Waals surface area contributed by atoms with E-state index in [1.807, 2.05) is 59.0 Å². The quantitative estimate of drug-likeness (QED) is 0.525. The second kappa shape index (κ2) is 7.29. The molecule has 1 saturated heterocycles. The highest BCUT2D eigenvalue weighted by atomic mass is 32.1. The summed E-state index contributed by atoms with van der Waals surface area (Å²) in [5.74, 6) is 0.0688. The number of piperazine rings is 1. The van der Waals surface area contributed by atoms with Crippen molar-refractivity contribution in [3.63, 3.8) is 0 Å². The van der Waals surface area contributed by atoms with Crippen molar-refractivity contribution >= 4 is 32.7 Å². The molecule has 0 bridgehead atoms. The molecule has 8 heteroatoms. The molecule has 1 aromatic carbocycles. The maximum Gasteiger partial charge on any atom is 0.253 e. The summed E-state index contributed by atoms with van der Waals surface area (Å²) in [6.45, 7) is 4.92. The molecule has 146 valence electrons. The Hall–Kier alpha value is -3.26. The summed E-state index contributed by atoms with van der Waals surface area (Å²) in [5.41, 5.74) is 3.65. The summed E-state index contributed by atoms with van der Waals surface area (Å²) >= 11 is 1.60. The molecular formula is C21H20N6OS. The minimum Gasteiger partial charge on any atom is -0.344 e. The lowest BCUT2D eigenvalue weighted by molar-refractivity contribution is 0.0747. The molecule has 1 fully saturated rings. The minimum absolute atomic E-state index is 0.0688. The Kier molecular flexibility index (Phi) is 4.48. The molecule has 0 radical (unpaired) electrons. The zero-order valence-corrected chi connectivity index (χ0v) is 16.8. The predicted molar refractivity (Wildman–Crippen MR) is 114 cm³/mol. The van der Waals surface area contributed by atoms with Gasteiger partial charge in [-0.05, 0) is 49.4 Å². The van der Waals surface area contributed by atoms with E-state index >= 15 is 0 Å². The number of carbonyl (C=O) groups excluding carboxylic acids is 1. The van der Waals surface area contributed by atoms with Gasteiger partial charge in [-0.2, -0.15) is 5.10 Å². The monoisotopic (exact) mass is 404 g/mol. The van der Waals surface area contributed by atoms with Crippen LogP contribution in [-0.4, -0.2) is 56.7 Å². The van der Waals surface area contributed by atoms with Crippen LogP contribution in [0.5, 0.6) is 0 Å². The average molecular weight is 404 g/mol. The molecule has 0 unspecified atom stereocenters. The molecule has 0 N–H and O–H groups in total. The van der Waals surface area contributed by atoms with E-state index in [9.17, 15) is 4.79 Å². The van der Waals surface area contributed by atoms with Gasteiger partial charge in [0.05, 0.1) is 5.69 Å². The summed E-state index contributed by atoms with van der Waals surface area (Å²) < 4.78 is 1.86. The largest absolute Gasteiger partial charge is 0.344 e. The third-order valence-electron chi connectivity index (χ3n) is 5.18.